The van der Waals surface area contributed by atoms with E-state index in [-0.39, 0.29) is 0 Å². The van der Waals surface area contributed by atoms with Gasteiger partial charge in [0.1, 0.15) is 0 Å². The van der Waals surface area contributed by atoms with Crippen LogP contribution in [0, 0.1) is 0 Å². The number of hydrogen-bond donors (Lipinski definition) is 1. The fourth-order valence-electron chi connectivity index (χ4n) is 1.99. The third-order valence-corrected chi connectivity index (χ3v) is 3.63. The van der Waals surface area contributed by atoms with Crippen LogP contribution in [-0.2, 0) is 10.2 Å². The smallest absolute Gasteiger partial charge is 0.314 e. The van der Waals surface area contributed by atoms with Gasteiger partial charge in [0.15, 0.2) is 0 Å². The molecule has 1 aliphatic rings. The van der Waals surface area contributed by atoms with Gasteiger partial charge in [-0.15, -0.1) is 0 Å². The maximum atomic E-state index is 11.3. The van der Waals surface area contributed by atoms with Gasteiger partial charge in [0, 0.05) is 10.0 Å². The Bertz CT molecular complexity index is 411. The Morgan fingerprint density at radius 1 is 1.33 bits per heavy atom. The Hall–Kier alpha value is -0.730. The molecule has 1 saturated carbocycles. The molecule has 1 aliphatic carbocycles. The maximum absolute atomic E-state index is 11.3. The van der Waals surface area contributed by atoms with Crippen molar-refractivity contribution in [3.8, 4) is 0 Å². The molecule has 0 atom stereocenters. The summed E-state index contributed by atoms with van der Waals surface area (Å²) in [6, 6.07) is 4.99. The fraction of sp³-hybridized carbons (Fsp3) is 0.364. The second-order valence-corrected chi connectivity index (χ2v) is 4.71. The number of hydrogen-bond acceptors (Lipinski definition) is 1. The van der Waals surface area contributed by atoms with Crippen LogP contribution in [0.1, 0.15) is 24.8 Å². The van der Waals surface area contributed by atoms with Gasteiger partial charge >= 0.3 is 5.97 Å². The molecule has 2 nitrogen and oxygen atoms in total. The zero-order valence-corrected chi connectivity index (χ0v) is 9.48. The van der Waals surface area contributed by atoms with Crippen molar-refractivity contribution >= 4 is 29.2 Å². The molecule has 2 rings (SSSR count). The molecule has 1 aromatic rings. The monoisotopic (exact) mass is 244 g/mol. The van der Waals surface area contributed by atoms with Gasteiger partial charge in [-0.1, -0.05) is 29.6 Å². The van der Waals surface area contributed by atoms with Crippen LogP contribution in [0.3, 0.4) is 0 Å². The van der Waals surface area contributed by atoms with Crippen LogP contribution in [0.5, 0.6) is 0 Å². The standard InChI is InChI=1S/C11H10Cl2O2/c12-7-2-3-9(13)8(6-7)11(10(14)15)4-1-5-11/h2-3,6H,1,4-5H2,(H,14,15). The Morgan fingerprint density at radius 3 is 2.47 bits per heavy atom. The van der Waals surface area contributed by atoms with Gasteiger partial charge in [0.05, 0.1) is 5.41 Å². The number of carboxylic acids is 1. The van der Waals surface area contributed by atoms with E-state index in [9.17, 15) is 9.90 Å². The predicted octanol–water partition coefficient (Wildman–Crippen LogP) is 3.50. The van der Waals surface area contributed by atoms with Crippen molar-refractivity contribution in [1.29, 1.82) is 0 Å². The molecular weight excluding hydrogens is 235 g/mol. The molecule has 4 heteroatoms. The Balaban J connectivity index is 2.51. The highest BCUT2D eigenvalue weighted by Gasteiger charge is 2.47. The summed E-state index contributed by atoms with van der Waals surface area (Å²) in [5.41, 5.74) is -0.155. The molecule has 0 aliphatic heterocycles. The Morgan fingerprint density at radius 2 is 2.00 bits per heavy atom. The van der Waals surface area contributed by atoms with E-state index in [1.807, 2.05) is 0 Å². The van der Waals surface area contributed by atoms with E-state index in [1.165, 1.54) is 0 Å². The summed E-state index contributed by atoms with van der Waals surface area (Å²) in [6.07, 6.45) is 2.21. The SMILES string of the molecule is O=C(O)C1(c2cc(Cl)ccc2Cl)CCC1. The molecule has 0 saturated heterocycles. The number of rotatable bonds is 2. The first kappa shape index (κ1) is 10.8. The molecule has 1 aromatic carbocycles. The Kier molecular flexibility index (Phi) is 2.65. The lowest BCUT2D eigenvalue weighted by atomic mass is 9.64. The highest BCUT2D eigenvalue weighted by Crippen LogP contribution is 2.47. The zero-order chi connectivity index (χ0) is 11.1. The molecule has 0 aromatic heterocycles. The second-order valence-electron chi connectivity index (χ2n) is 3.86. The number of aliphatic carboxylic acids is 1. The van der Waals surface area contributed by atoms with Crippen molar-refractivity contribution in [3.05, 3.63) is 33.8 Å². The summed E-state index contributed by atoms with van der Waals surface area (Å²) in [6.45, 7) is 0. The van der Waals surface area contributed by atoms with Crippen molar-refractivity contribution in [3.63, 3.8) is 0 Å². The van der Waals surface area contributed by atoms with Crippen molar-refractivity contribution < 1.29 is 9.90 Å². The third-order valence-electron chi connectivity index (χ3n) is 3.06. The van der Waals surface area contributed by atoms with E-state index in [2.05, 4.69) is 0 Å². The van der Waals surface area contributed by atoms with Crippen molar-refractivity contribution in [2.45, 2.75) is 24.7 Å². The van der Waals surface area contributed by atoms with Gasteiger partial charge in [0.25, 0.3) is 0 Å². The molecule has 0 unspecified atom stereocenters. The summed E-state index contributed by atoms with van der Waals surface area (Å²) >= 11 is 11.9. The maximum Gasteiger partial charge on any atom is 0.314 e. The van der Waals surface area contributed by atoms with Crippen LogP contribution in [-0.4, -0.2) is 11.1 Å². The minimum atomic E-state index is -0.807. The lowest BCUT2D eigenvalue weighted by Crippen LogP contribution is -2.42. The first-order valence-electron chi connectivity index (χ1n) is 4.75. The minimum Gasteiger partial charge on any atom is -0.481 e. The molecule has 0 radical (unpaired) electrons. The molecule has 0 spiro atoms. The molecule has 0 bridgehead atoms. The minimum absolute atomic E-state index is 0.488. The van der Waals surface area contributed by atoms with Crippen LogP contribution in [0.4, 0.5) is 0 Å². The second kappa shape index (κ2) is 3.69. The van der Waals surface area contributed by atoms with Gasteiger partial charge in [0.2, 0.25) is 0 Å². The normalized spacial score (nSPS) is 18.3. The van der Waals surface area contributed by atoms with Gasteiger partial charge in [-0.2, -0.15) is 0 Å². The van der Waals surface area contributed by atoms with E-state index in [0.29, 0.717) is 28.5 Å². The molecule has 0 amide bonds. The summed E-state index contributed by atoms with van der Waals surface area (Å²) in [4.78, 5) is 11.3. The van der Waals surface area contributed by atoms with Crippen LogP contribution in [0.15, 0.2) is 18.2 Å². The van der Waals surface area contributed by atoms with Crippen LogP contribution < -0.4 is 0 Å². The largest absolute Gasteiger partial charge is 0.481 e. The molecule has 1 N–H and O–H groups in total. The number of halogens is 2. The molecular formula is C11H10Cl2O2. The van der Waals surface area contributed by atoms with E-state index < -0.39 is 11.4 Å². The molecule has 15 heavy (non-hydrogen) atoms. The highest BCUT2D eigenvalue weighted by atomic mass is 35.5. The molecule has 0 heterocycles. The van der Waals surface area contributed by atoms with Crippen LogP contribution in [0.2, 0.25) is 10.0 Å². The quantitative estimate of drug-likeness (QED) is 0.865. The van der Waals surface area contributed by atoms with Gasteiger partial charge in [-0.3, -0.25) is 4.79 Å². The number of carbonyl (C=O) groups is 1. The predicted molar refractivity (Wildman–Crippen MR) is 59.6 cm³/mol. The van der Waals surface area contributed by atoms with Crippen molar-refractivity contribution in [1.82, 2.24) is 0 Å². The van der Waals surface area contributed by atoms with E-state index in [1.54, 1.807) is 18.2 Å². The van der Waals surface area contributed by atoms with Gasteiger partial charge < -0.3 is 5.11 Å². The summed E-state index contributed by atoms with van der Waals surface area (Å²) in [5, 5.41) is 10.3. The number of benzene rings is 1. The average Bonchev–Trinajstić information content (AvgIpc) is 2.08. The topological polar surface area (TPSA) is 37.3 Å². The van der Waals surface area contributed by atoms with E-state index in [0.717, 1.165) is 6.42 Å². The van der Waals surface area contributed by atoms with Gasteiger partial charge in [-0.25, -0.2) is 0 Å². The number of carboxylic acid groups (broad SMARTS) is 1. The van der Waals surface area contributed by atoms with Gasteiger partial charge in [-0.05, 0) is 36.6 Å². The lowest BCUT2D eigenvalue weighted by molar-refractivity contribution is -0.147. The average molecular weight is 245 g/mol. The van der Waals surface area contributed by atoms with Crippen molar-refractivity contribution in [2.24, 2.45) is 0 Å². The van der Waals surface area contributed by atoms with Crippen LogP contribution >= 0.6 is 23.2 Å². The molecule has 1 fully saturated rings. The zero-order valence-electron chi connectivity index (χ0n) is 7.96. The van der Waals surface area contributed by atoms with E-state index >= 15 is 0 Å². The Labute approximate surface area is 97.8 Å². The fourth-order valence-corrected chi connectivity index (χ4v) is 2.46. The first-order chi connectivity index (χ1) is 7.06. The van der Waals surface area contributed by atoms with Crippen LogP contribution in [0.25, 0.3) is 0 Å². The summed E-state index contributed by atoms with van der Waals surface area (Å²) in [7, 11) is 0. The first-order valence-corrected chi connectivity index (χ1v) is 5.51. The summed E-state index contributed by atoms with van der Waals surface area (Å²) < 4.78 is 0. The third kappa shape index (κ3) is 1.62. The van der Waals surface area contributed by atoms with Crippen molar-refractivity contribution in [2.75, 3.05) is 0 Å². The highest BCUT2D eigenvalue weighted by molar-refractivity contribution is 6.34. The summed E-state index contributed by atoms with van der Waals surface area (Å²) in [5.74, 6) is -0.807. The molecule has 80 valence electrons. The van der Waals surface area contributed by atoms with E-state index in [4.69, 9.17) is 23.2 Å². The lowest BCUT2D eigenvalue weighted by Gasteiger charge is -2.38.